The summed E-state index contributed by atoms with van der Waals surface area (Å²) in [4.78, 5) is 36.2. The van der Waals surface area contributed by atoms with Crippen LogP contribution in [0.25, 0.3) is 0 Å². The molecule has 0 unspecified atom stereocenters. The molecule has 1 aromatic carbocycles. The Kier molecular flexibility index (Phi) is 4.81. The summed E-state index contributed by atoms with van der Waals surface area (Å²) in [6.45, 7) is 1.10. The molecule has 2 N–H and O–H groups in total. The van der Waals surface area contributed by atoms with Crippen LogP contribution in [0.1, 0.15) is 17.3 Å². The van der Waals surface area contributed by atoms with E-state index in [2.05, 4.69) is 4.74 Å². The van der Waals surface area contributed by atoms with Gasteiger partial charge in [-0.2, -0.15) is 13.2 Å². The Morgan fingerprint density at radius 2 is 1.80 bits per heavy atom. The lowest BCUT2D eigenvalue weighted by Crippen LogP contribution is -2.66. The predicted octanol–water partition coefficient (Wildman–Crippen LogP) is 1.95. The Labute approximate surface area is 145 Å². The fourth-order valence-electron chi connectivity index (χ4n) is 2.43. The molecule has 25 heavy (non-hydrogen) atoms. The van der Waals surface area contributed by atoms with Gasteiger partial charge >= 0.3 is 12.1 Å². The van der Waals surface area contributed by atoms with Gasteiger partial charge in [0.25, 0.3) is 11.8 Å². The first kappa shape index (κ1) is 18.8. The minimum Gasteiger partial charge on any atom is -0.466 e. The maximum absolute atomic E-state index is 13.8. The summed E-state index contributed by atoms with van der Waals surface area (Å²) < 4.78 is 45.7. The van der Waals surface area contributed by atoms with Crippen LogP contribution in [-0.4, -0.2) is 36.6 Å². The van der Waals surface area contributed by atoms with Crippen molar-refractivity contribution in [1.82, 2.24) is 10.6 Å². The Balaban J connectivity index is 2.55. The van der Waals surface area contributed by atoms with Gasteiger partial charge in [0.2, 0.25) is 5.54 Å². The molecule has 0 bridgehead atoms. The molecule has 2 amide bonds. The smallest absolute Gasteiger partial charge is 0.425 e. The zero-order valence-electron chi connectivity index (χ0n) is 13.0. The van der Waals surface area contributed by atoms with Crippen molar-refractivity contribution in [3.8, 4) is 0 Å². The third kappa shape index (κ3) is 3.07. The number of amides is 2. The standard InChI is InChI=1S/C15H12ClF3N2O4/c1-7-10(12(23)25-2)14(13(24)20-7,15(17,18)19)21-11(22)8-3-5-9(16)6-4-8/h3-6H,1-2H3,(H,20,24)(H,21,22)/t14-/m0/s1. The van der Waals surface area contributed by atoms with Crippen LogP contribution in [0.3, 0.4) is 0 Å². The van der Waals surface area contributed by atoms with Crippen LogP contribution < -0.4 is 10.6 Å². The first-order chi connectivity index (χ1) is 11.5. The maximum atomic E-state index is 13.8. The predicted molar refractivity (Wildman–Crippen MR) is 80.6 cm³/mol. The van der Waals surface area contributed by atoms with Crippen LogP contribution in [-0.2, 0) is 14.3 Å². The summed E-state index contributed by atoms with van der Waals surface area (Å²) in [5, 5.41) is 3.84. The van der Waals surface area contributed by atoms with Gasteiger partial charge in [0.05, 0.1) is 7.11 Å². The lowest BCUT2D eigenvalue weighted by Gasteiger charge is -2.31. The van der Waals surface area contributed by atoms with Crippen molar-refractivity contribution >= 4 is 29.4 Å². The molecule has 0 fully saturated rings. The zero-order valence-corrected chi connectivity index (χ0v) is 13.7. The van der Waals surface area contributed by atoms with Crippen LogP contribution in [0, 0.1) is 0 Å². The molecule has 0 saturated carbocycles. The number of benzene rings is 1. The first-order valence-corrected chi connectivity index (χ1v) is 7.18. The molecular weight excluding hydrogens is 365 g/mol. The van der Waals surface area contributed by atoms with E-state index in [1.54, 1.807) is 5.32 Å². The molecule has 1 atom stereocenters. The fourth-order valence-corrected chi connectivity index (χ4v) is 2.56. The van der Waals surface area contributed by atoms with Gasteiger partial charge in [-0.05, 0) is 31.2 Å². The Hall–Kier alpha value is -2.55. The summed E-state index contributed by atoms with van der Waals surface area (Å²) in [6.07, 6.45) is -5.29. The molecule has 0 spiro atoms. The van der Waals surface area contributed by atoms with Crippen LogP contribution in [0.4, 0.5) is 13.2 Å². The van der Waals surface area contributed by atoms with Crippen molar-refractivity contribution < 1.29 is 32.3 Å². The number of carbonyl (C=O) groups excluding carboxylic acids is 3. The van der Waals surface area contributed by atoms with Crippen molar-refractivity contribution in [2.75, 3.05) is 7.11 Å². The number of nitrogens with one attached hydrogen (secondary N) is 2. The quantitative estimate of drug-likeness (QED) is 0.790. The molecule has 0 saturated heterocycles. The third-order valence-electron chi connectivity index (χ3n) is 3.61. The molecule has 10 heteroatoms. The highest BCUT2D eigenvalue weighted by molar-refractivity contribution is 6.30. The molecule has 0 aromatic heterocycles. The number of allylic oxidation sites excluding steroid dienone is 1. The molecule has 1 aromatic rings. The van der Waals surface area contributed by atoms with E-state index in [0.717, 1.165) is 14.0 Å². The Morgan fingerprint density at radius 1 is 1.24 bits per heavy atom. The Morgan fingerprint density at radius 3 is 2.28 bits per heavy atom. The van der Waals surface area contributed by atoms with E-state index < -0.39 is 35.1 Å². The number of rotatable bonds is 3. The summed E-state index contributed by atoms with van der Waals surface area (Å²) in [6, 6.07) is 4.97. The molecule has 0 radical (unpaired) electrons. The molecule has 2 rings (SSSR count). The summed E-state index contributed by atoms with van der Waals surface area (Å²) in [5.41, 5.74) is -5.10. The second-order valence-corrected chi connectivity index (χ2v) is 5.59. The summed E-state index contributed by atoms with van der Waals surface area (Å²) in [5.74, 6) is -4.19. The van der Waals surface area contributed by atoms with Gasteiger partial charge in [0, 0.05) is 16.3 Å². The van der Waals surface area contributed by atoms with Gasteiger partial charge in [-0.25, -0.2) is 4.79 Å². The number of hydrogen-bond acceptors (Lipinski definition) is 4. The summed E-state index contributed by atoms with van der Waals surface area (Å²) >= 11 is 5.67. The molecule has 1 aliphatic heterocycles. The number of methoxy groups -OCH3 is 1. The lowest BCUT2D eigenvalue weighted by atomic mass is 9.89. The SMILES string of the molecule is COC(=O)C1=C(C)NC(=O)[C@]1(NC(=O)c1ccc(Cl)cc1)C(F)(F)F. The number of alkyl halides is 3. The molecule has 6 nitrogen and oxygen atoms in total. The van der Waals surface area contributed by atoms with Crippen molar-refractivity contribution in [2.24, 2.45) is 0 Å². The topological polar surface area (TPSA) is 84.5 Å². The number of ether oxygens (including phenoxy) is 1. The largest absolute Gasteiger partial charge is 0.466 e. The molecule has 0 aliphatic carbocycles. The maximum Gasteiger partial charge on any atom is 0.425 e. The fraction of sp³-hybridized carbons (Fsp3) is 0.267. The summed E-state index contributed by atoms with van der Waals surface area (Å²) in [7, 11) is 0.869. The number of halogens is 4. The molecule has 1 aliphatic rings. The van der Waals surface area contributed by atoms with E-state index in [0.29, 0.717) is 0 Å². The van der Waals surface area contributed by atoms with Crippen LogP contribution in [0.15, 0.2) is 35.5 Å². The van der Waals surface area contributed by atoms with E-state index in [-0.39, 0.29) is 16.3 Å². The third-order valence-corrected chi connectivity index (χ3v) is 3.87. The van der Waals surface area contributed by atoms with Gasteiger partial charge in [-0.15, -0.1) is 0 Å². The average molecular weight is 377 g/mol. The second kappa shape index (κ2) is 6.40. The van der Waals surface area contributed by atoms with E-state index in [9.17, 15) is 27.6 Å². The van der Waals surface area contributed by atoms with Crippen LogP contribution in [0.2, 0.25) is 5.02 Å². The number of esters is 1. The number of hydrogen-bond donors (Lipinski definition) is 2. The van der Waals surface area contributed by atoms with Crippen molar-refractivity contribution in [3.05, 3.63) is 46.1 Å². The average Bonchev–Trinajstić information content (AvgIpc) is 2.78. The van der Waals surface area contributed by atoms with E-state index in [4.69, 9.17) is 11.6 Å². The monoisotopic (exact) mass is 376 g/mol. The van der Waals surface area contributed by atoms with Gasteiger partial charge in [-0.3, -0.25) is 9.59 Å². The van der Waals surface area contributed by atoms with E-state index >= 15 is 0 Å². The first-order valence-electron chi connectivity index (χ1n) is 6.80. The van der Waals surface area contributed by atoms with E-state index in [1.165, 1.54) is 24.3 Å². The molecule has 134 valence electrons. The lowest BCUT2D eigenvalue weighted by molar-refractivity contribution is -0.188. The minimum absolute atomic E-state index is 0.172. The highest BCUT2D eigenvalue weighted by Gasteiger charge is 2.69. The number of carbonyl (C=O) groups is 3. The van der Waals surface area contributed by atoms with Gasteiger partial charge in [0.1, 0.15) is 5.57 Å². The normalized spacial score (nSPS) is 20.3. The van der Waals surface area contributed by atoms with Crippen LogP contribution >= 0.6 is 11.6 Å². The highest BCUT2D eigenvalue weighted by Crippen LogP contribution is 2.41. The molecular formula is C15H12ClF3N2O4. The van der Waals surface area contributed by atoms with Crippen molar-refractivity contribution in [2.45, 2.75) is 18.6 Å². The minimum atomic E-state index is -5.29. The van der Waals surface area contributed by atoms with Crippen LogP contribution in [0.5, 0.6) is 0 Å². The zero-order chi connectivity index (χ0) is 19.0. The van der Waals surface area contributed by atoms with Crippen molar-refractivity contribution in [1.29, 1.82) is 0 Å². The van der Waals surface area contributed by atoms with Crippen molar-refractivity contribution in [3.63, 3.8) is 0 Å². The Bertz CT molecular complexity index is 774. The van der Waals surface area contributed by atoms with Gasteiger partial charge in [0.15, 0.2) is 0 Å². The van der Waals surface area contributed by atoms with Gasteiger partial charge in [-0.1, -0.05) is 11.6 Å². The molecule has 1 heterocycles. The second-order valence-electron chi connectivity index (χ2n) is 5.15. The van der Waals surface area contributed by atoms with E-state index in [1.807, 2.05) is 5.32 Å². The highest BCUT2D eigenvalue weighted by atomic mass is 35.5. The van der Waals surface area contributed by atoms with Gasteiger partial charge < -0.3 is 15.4 Å².